The van der Waals surface area contributed by atoms with Crippen molar-refractivity contribution in [3.05, 3.63) is 29.6 Å². The molecule has 4 atom stereocenters. The number of nitrogens with zero attached hydrogens (tertiary/aromatic N) is 2. The molecule has 3 aliphatic carbocycles. The van der Waals surface area contributed by atoms with Gasteiger partial charge >= 0.3 is 0 Å². The third-order valence-corrected chi connectivity index (χ3v) is 5.15. The molecule has 96 valence electrons. The largest absolute Gasteiger partial charge is 0.306 e. The second-order valence-electron chi connectivity index (χ2n) is 6.13. The van der Waals surface area contributed by atoms with E-state index >= 15 is 0 Å². The van der Waals surface area contributed by atoms with Crippen molar-refractivity contribution >= 4 is 0 Å². The first-order chi connectivity index (χ1) is 8.83. The fraction of sp³-hybridized carbons (Fsp3) is 0.667. The van der Waals surface area contributed by atoms with Gasteiger partial charge in [-0.15, -0.1) is 0 Å². The summed E-state index contributed by atoms with van der Waals surface area (Å²) in [5.41, 5.74) is 2.89. The molecule has 0 radical (unpaired) electrons. The third-order valence-electron chi connectivity index (χ3n) is 5.15. The molecule has 0 amide bonds. The Hall–Kier alpha value is -1.09. The summed E-state index contributed by atoms with van der Waals surface area (Å²) in [4.78, 5) is 0. The number of hydrogen-bond acceptors (Lipinski definition) is 2. The Morgan fingerprint density at radius 3 is 3.28 bits per heavy atom. The molecule has 3 aliphatic rings. The molecule has 1 aromatic heterocycles. The van der Waals surface area contributed by atoms with Crippen molar-refractivity contribution in [2.75, 3.05) is 0 Å². The number of aryl methyl sites for hydroxylation is 1. The maximum Gasteiger partial charge on any atom is 0.0540 e. The van der Waals surface area contributed by atoms with Gasteiger partial charge in [-0.05, 0) is 43.9 Å². The molecule has 1 aromatic rings. The number of rotatable bonds is 2. The van der Waals surface area contributed by atoms with Gasteiger partial charge in [-0.25, -0.2) is 0 Å². The molecule has 4 unspecified atom stereocenters. The van der Waals surface area contributed by atoms with E-state index in [9.17, 15) is 0 Å². The third kappa shape index (κ3) is 1.50. The van der Waals surface area contributed by atoms with Gasteiger partial charge in [0.1, 0.15) is 0 Å². The fourth-order valence-corrected chi connectivity index (χ4v) is 4.05. The lowest BCUT2D eigenvalue weighted by molar-refractivity contribution is 0.146. The van der Waals surface area contributed by atoms with Gasteiger partial charge in [-0.1, -0.05) is 12.2 Å². The normalized spacial score (nSPS) is 37.2. The van der Waals surface area contributed by atoms with Gasteiger partial charge in [-0.3, -0.25) is 4.68 Å². The van der Waals surface area contributed by atoms with Crippen molar-refractivity contribution in [3.63, 3.8) is 0 Å². The highest BCUT2D eigenvalue weighted by atomic mass is 15.3. The quantitative estimate of drug-likeness (QED) is 0.808. The minimum atomic E-state index is 0.544. The average molecular weight is 243 g/mol. The minimum absolute atomic E-state index is 0.544. The highest BCUT2D eigenvalue weighted by Gasteiger charge is 2.42. The second kappa shape index (κ2) is 3.95. The molecule has 0 aliphatic heterocycles. The van der Waals surface area contributed by atoms with Crippen LogP contribution in [0.4, 0.5) is 0 Å². The van der Waals surface area contributed by atoms with Gasteiger partial charge in [0.25, 0.3) is 0 Å². The average Bonchev–Trinajstić information content (AvgIpc) is 2.91. The number of aromatic nitrogens is 2. The summed E-state index contributed by atoms with van der Waals surface area (Å²) < 4.78 is 2.06. The summed E-state index contributed by atoms with van der Waals surface area (Å²) in [7, 11) is 2.07. The highest BCUT2D eigenvalue weighted by molar-refractivity contribution is 5.25. The molecule has 18 heavy (non-hydrogen) atoms. The molecule has 3 nitrogen and oxygen atoms in total. The van der Waals surface area contributed by atoms with Gasteiger partial charge < -0.3 is 5.32 Å². The Kier molecular flexibility index (Phi) is 2.37. The summed E-state index contributed by atoms with van der Waals surface area (Å²) in [5, 5.41) is 8.32. The lowest BCUT2D eigenvalue weighted by Gasteiger charge is -2.43. The number of nitrogens with one attached hydrogen (secondary N) is 1. The van der Waals surface area contributed by atoms with Gasteiger partial charge in [0.05, 0.1) is 6.20 Å². The van der Waals surface area contributed by atoms with E-state index in [1.807, 2.05) is 0 Å². The molecule has 1 N–H and O–H groups in total. The lowest BCUT2D eigenvalue weighted by Crippen LogP contribution is -2.49. The van der Waals surface area contributed by atoms with Crippen LogP contribution in [0.2, 0.25) is 0 Å². The SMILES string of the molecule is Cn1ncc2c1CCCC2NC1CC2CC=CC21. The number of allylic oxidation sites excluding steroid dienone is 1. The van der Waals surface area contributed by atoms with Crippen LogP contribution in [-0.2, 0) is 13.5 Å². The summed E-state index contributed by atoms with van der Waals surface area (Å²) in [6, 6.07) is 1.26. The predicted octanol–water partition coefficient (Wildman–Crippen LogP) is 2.35. The number of hydrogen-bond donors (Lipinski definition) is 1. The van der Waals surface area contributed by atoms with Crippen LogP contribution in [0.5, 0.6) is 0 Å². The molecule has 1 heterocycles. The molecule has 4 rings (SSSR count). The molecular formula is C15H21N3. The first kappa shape index (κ1) is 10.8. The molecule has 0 spiro atoms. The summed E-state index contributed by atoms with van der Waals surface area (Å²) in [6.07, 6.45) is 13.3. The van der Waals surface area contributed by atoms with Crippen molar-refractivity contribution in [3.8, 4) is 0 Å². The lowest BCUT2D eigenvalue weighted by atomic mass is 9.70. The van der Waals surface area contributed by atoms with E-state index in [-0.39, 0.29) is 0 Å². The summed E-state index contributed by atoms with van der Waals surface area (Å²) in [5.74, 6) is 1.76. The molecule has 0 saturated heterocycles. The van der Waals surface area contributed by atoms with Crippen LogP contribution in [0.1, 0.15) is 43.0 Å². The van der Waals surface area contributed by atoms with Crippen molar-refractivity contribution in [1.82, 2.24) is 15.1 Å². The fourth-order valence-electron chi connectivity index (χ4n) is 4.05. The van der Waals surface area contributed by atoms with Crippen LogP contribution in [0.25, 0.3) is 0 Å². The van der Waals surface area contributed by atoms with Crippen LogP contribution in [0.3, 0.4) is 0 Å². The Morgan fingerprint density at radius 2 is 2.39 bits per heavy atom. The minimum Gasteiger partial charge on any atom is -0.306 e. The standard InChI is InChI=1S/C15H21N3/c1-18-15-7-3-6-13(12(15)9-16-18)17-14-8-10-4-2-5-11(10)14/h2,5,9-11,13-14,17H,3-4,6-8H2,1H3. The van der Waals surface area contributed by atoms with E-state index in [1.54, 1.807) is 0 Å². The molecule has 1 saturated carbocycles. The van der Waals surface area contributed by atoms with E-state index in [2.05, 4.69) is 40.5 Å². The Balaban J connectivity index is 1.51. The zero-order chi connectivity index (χ0) is 12.1. The zero-order valence-corrected chi connectivity index (χ0v) is 11.0. The summed E-state index contributed by atoms with van der Waals surface area (Å²) in [6.45, 7) is 0. The van der Waals surface area contributed by atoms with E-state index in [0.29, 0.717) is 12.1 Å². The topological polar surface area (TPSA) is 29.9 Å². The van der Waals surface area contributed by atoms with Gasteiger partial charge in [0.2, 0.25) is 0 Å². The van der Waals surface area contributed by atoms with Crippen molar-refractivity contribution < 1.29 is 0 Å². The van der Waals surface area contributed by atoms with Gasteiger partial charge in [0.15, 0.2) is 0 Å². The van der Waals surface area contributed by atoms with Crippen LogP contribution in [0.15, 0.2) is 18.3 Å². The summed E-state index contributed by atoms with van der Waals surface area (Å²) >= 11 is 0. The van der Waals surface area contributed by atoms with Crippen LogP contribution in [-0.4, -0.2) is 15.8 Å². The van der Waals surface area contributed by atoms with E-state index < -0.39 is 0 Å². The molecule has 0 bridgehead atoms. The van der Waals surface area contributed by atoms with Crippen LogP contribution >= 0.6 is 0 Å². The molecule has 3 heteroatoms. The van der Waals surface area contributed by atoms with Crippen molar-refractivity contribution in [2.45, 2.75) is 44.2 Å². The highest BCUT2D eigenvalue weighted by Crippen LogP contribution is 2.44. The van der Waals surface area contributed by atoms with E-state index in [4.69, 9.17) is 0 Å². The number of fused-ring (bicyclic) bond motifs is 2. The Labute approximate surface area is 108 Å². The van der Waals surface area contributed by atoms with Crippen LogP contribution in [0, 0.1) is 11.8 Å². The zero-order valence-electron chi connectivity index (χ0n) is 11.0. The van der Waals surface area contributed by atoms with Gasteiger partial charge in [-0.2, -0.15) is 5.10 Å². The Morgan fingerprint density at radius 1 is 1.44 bits per heavy atom. The molecule has 1 fully saturated rings. The van der Waals surface area contributed by atoms with Crippen molar-refractivity contribution in [2.24, 2.45) is 18.9 Å². The van der Waals surface area contributed by atoms with Crippen molar-refractivity contribution in [1.29, 1.82) is 0 Å². The first-order valence-electron chi connectivity index (χ1n) is 7.26. The maximum absolute atomic E-state index is 4.43. The smallest absolute Gasteiger partial charge is 0.0540 e. The van der Waals surface area contributed by atoms with Gasteiger partial charge in [0, 0.05) is 30.4 Å². The first-order valence-corrected chi connectivity index (χ1v) is 7.26. The monoisotopic (exact) mass is 243 g/mol. The maximum atomic E-state index is 4.43. The Bertz CT molecular complexity index is 488. The van der Waals surface area contributed by atoms with E-state index in [1.165, 1.54) is 43.4 Å². The van der Waals surface area contributed by atoms with E-state index in [0.717, 1.165) is 11.8 Å². The van der Waals surface area contributed by atoms with Crippen LogP contribution < -0.4 is 5.32 Å². The molecular weight excluding hydrogens is 222 g/mol. The predicted molar refractivity (Wildman–Crippen MR) is 71.2 cm³/mol. The second-order valence-corrected chi connectivity index (χ2v) is 6.13. The molecule has 0 aromatic carbocycles.